The number of hydrogen-bond acceptors (Lipinski definition) is 5. The third-order valence-electron chi connectivity index (χ3n) is 5.14. The largest absolute Gasteiger partial charge is 0.491 e. The third kappa shape index (κ3) is 2.97. The van der Waals surface area contributed by atoms with E-state index < -0.39 is 9.84 Å². The molecule has 4 rings (SSSR count). The summed E-state index contributed by atoms with van der Waals surface area (Å²) in [5, 5.41) is 0. The molecule has 7 heteroatoms. The van der Waals surface area contributed by atoms with E-state index in [4.69, 9.17) is 15.5 Å². The molecule has 2 heterocycles. The van der Waals surface area contributed by atoms with E-state index in [2.05, 4.69) is 0 Å². The van der Waals surface area contributed by atoms with Crippen molar-refractivity contribution in [3.8, 4) is 5.75 Å². The Morgan fingerprint density at radius 3 is 2.62 bits per heavy atom. The minimum Gasteiger partial charge on any atom is -0.491 e. The number of rotatable bonds is 4. The van der Waals surface area contributed by atoms with Crippen LogP contribution in [0, 0.1) is 5.92 Å². The number of anilines is 1. The second kappa shape index (κ2) is 5.65. The smallest absolute Gasteiger partial charge is 0.150 e. The summed E-state index contributed by atoms with van der Waals surface area (Å²) < 4.78 is 31.2. The van der Waals surface area contributed by atoms with E-state index in [1.54, 1.807) is 0 Å². The zero-order valence-electron chi connectivity index (χ0n) is 13.9. The summed E-state index contributed by atoms with van der Waals surface area (Å²) in [5.41, 5.74) is 8.60. The standard InChI is InChI=1S/C17H23N3O3S/c1-20-15-8-13(18)16(23-10-11-2-3-11)9-14(15)19-17(20)12-4-6-24(21,22)7-5-12/h8-9,11-12H,2-7,10,18H2,1H3. The minimum absolute atomic E-state index is 0.183. The highest BCUT2D eigenvalue weighted by Gasteiger charge is 2.28. The fourth-order valence-electron chi connectivity index (χ4n) is 3.38. The molecule has 1 saturated heterocycles. The zero-order valence-corrected chi connectivity index (χ0v) is 14.7. The molecule has 2 N–H and O–H groups in total. The number of ether oxygens (including phenoxy) is 1. The summed E-state index contributed by atoms with van der Waals surface area (Å²) in [6.07, 6.45) is 3.75. The van der Waals surface area contributed by atoms with Gasteiger partial charge < -0.3 is 15.0 Å². The average molecular weight is 349 g/mol. The van der Waals surface area contributed by atoms with Crippen molar-refractivity contribution in [2.24, 2.45) is 13.0 Å². The lowest BCUT2D eigenvalue weighted by Crippen LogP contribution is -2.23. The maximum Gasteiger partial charge on any atom is 0.150 e. The number of hydrogen-bond donors (Lipinski definition) is 1. The molecular formula is C17H23N3O3S. The van der Waals surface area contributed by atoms with Gasteiger partial charge in [-0.05, 0) is 37.7 Å². The van der Waals surface area contributed by atoms with E-state index in [0.29, 0.717) is 30.2 Å². The van der Waals surface area contributed by atoms with Crippen LogP contribution in [-0.4, -0.2) is 36.1 Å². The van der Waals surface area contributed by atoms with E-state index in [-0.39, 0.29) is 17.4 Å². The van der Waals surface area contributed by atoms with Gasteiger partial charge in [-0.15, -0.1) is 0 Å². The highest BCUT2D eigenvalue weighted by molar-refractivity contribution is 7.91. The number of aryl methyl sites for hydroxylation is 1. The maximum absolute atomic E-state index is 11.6. The molecular weight excluding hydrogens is 326 g/mol. The Morgan fingerprint density at radius 2 is 1.96 bits per heavy atom. The van der Waals surface area contributed by atoms with E-state index in [0.717, 1.165) is 23.5 Å². The van der Waals surface area contributed by atoms with Crippen LogP contribution in [0.25, 0.3) is 11.0 Å². The average Bonchev–Trinajstić information content (AvgIpc) is 3.31. The zero-order chi connectivity index (χ0) is 16.9. The SMILES string of the molecule is Cn1c(C2CCS(=O)(=O)CC2)nc2cc(OCC3CC3)c(N)cc21. The highest BCUT2D eigenvalue weighted by Crippen LogP contribution is 2.35. The van der Waals surface area contributed by atoms with Crippen molar-refractivity contribution in [1.29, 1.82) is 0 Å². The van der Waals surface area contributed by atoms with Crippen LogP contribution >= 0.6 is 0 Å². The Morgan fingerprint density at radius 1 is 1.25 bits per heavy atom. The topological polar surface area (TPSA) is 87.2 Å². The first-order valence-corrected chi connectivity index (χ1v) is 10.3. The van der Waals surface area contributed by atoms with Gasteiger partial charge in [0.1, 0.15) is 21.4 Å². The Balaban J connectivity index is 1.63. The fraction of sp³-hybridized carbons (Fsp3) is 0.588. The van der Waals surface area contributed by atoms with Gasteiger partial charge in [0, 0.05) is 19.0 Å². The Bertz CT molecular complexity index is 870. The van der Waals surface area contributed by atoms with Crippen LogP contribution in [0.3, 0.4) is 0 Å². The molecule has 24 heavy (non-hydrogen) atoms. The van der Waals surface area contributed by atoms with E-state index in [9.17, 15) is 8.42 Å². The molecule has 0 atom stereocenters. The van der Waals surface area contributed by atoms with E-state index in [1.807, 2.05) is 23.7 Å². The van der Waals surface area contributed by atoms with Crippen molar-refractivity contribution < 1.29 is 13.2 Å². The van der Waals surface area contributed by atoms with Gasteiger partial charge in [-0.25, -0.2) is 13.4 Å². The van der Waals surface area contributed by atoms with Gasteiger partial charge in [0.15, 0.2) is 0 Å². The number of benzene rings is 1. The minimum atomic E-state index is -2.87. The van der Waals surface area contributed by atoms with Crippen LogP contribution in [0.1, 0.15) is 37.4 Å². The number of nitrogens with zero attached hydrogens (tertiary/aromatic N) is 2. The molecule has 6 nitrogen and oxygen atoms in total. The second-order valence-corrected chi connectivity index (χ2v) is 9.39. The molecule has 1 aromatic heterocycles. The van der Waals surface area contributed by atoms with Crippen LogP contribution in [0.15, 0.2) is 12.1 Å². The Labute approximate surface area is 141 Å². The third-order valence-corrected chi connectivity index (χ3v) is 6.85. The van der Waals surface area contributed by atoms with Gasteiger partial charge in [-0.2, -0.15) is 0 Å². The number of sulfone groups is 1. The molecule has 1 aromatic carbocycles. The van der Waals surface area contributed by atoms with Crippen molar-refractivity contribution in [2.75, 3.05) is 23.8 Å². The van der Waals surface area contributed by atoms with Crippen LogP contribution in [-0.2, 0) is 16.9 Å². The van der Waals surface area contributed by atoms with E-state index >= 15 is 0 Å². The summed E-state index contributed by atoms with van der Waals surface area (Å²) in [6.45, 7) is 0.718. The first-order chi connectivity index (χ1) is 11.4. The summed E-state index contributed by atoms with van der Waals surface area (Å²) in [4.78, 5) is 4.76. The lowest BCUT2D eigenvalue weighted by Gasteiger charge is -2.21. The maximum atomic E-state index is 11.6. The fourth-order valence-corrected chi connectivity index (χ4v) is 4.88. The van der Waals surface area contributed by atoms with Gasteiger partial charge >= 0.3 is 0 Å². The van der Waals surface area contributed by atoms with Crippen molar-refractivity contribution in [2.45, 2.75) is 31.6 Å². The number of imidazole rings is 1. The summed E-state index contributed by atoms with van der Waals surface area (Å²) in [6, 6.07) is 3.82. The molecule has 0 radical (unpaired) electrons. The molecule has 0 unspecified atom stereocenters. The molecule has 0 amide bonds. The predicted molar refractivity (Wildman–Crippen MR) is 94.0 cm³/mol. The molecule has 1 aliphatic heterocycles. The molecule has 2 aliphatic rings. The molecule has 0 bridgehead atoms. The number of fused-ring (bicyclic) bond motifs is 1. The van der Waals surface area contributed by atoms with Gasteiger partial charge in [0.25, 0.3) is 0 Å². The Kier molecular flexibility index (Phi) is 3.71. The van der Waals surface area contributed by atoms with Crippen molar-refractivity contribution >= 4 is 26.6 Å². The molecule has 2 aromatic rings. The van der Waals surface area contributed by atoms with Crippen molar-refractivity contribution in [1.82, 2.24) is 9.55 Å². The van der Waals surface area contributed by atoms with Crippen LogP contribution in [0.2, 0.25) is 0 Å². The van der Waals surface area contributed by atoms with E-state index in [1.165, 1.54) is 12.8 Å². The summed E-state index contributed by atoms with van der Waals surface area (Å²) in [5.74, 6) is 2.99. The van der Waals surface area contributed by atoms with Crippen LogP contribution in [0.5, 0.6) is 5.75 Å². The lowest BCUT2D eigenvalue weighted by atomic mass is 10.0. The second-order valence-electron chi connectivity index (χ2n) is 7.09. The predicted octanol–water partition coefficient (Wildman–Crippen LogP) is 2.24. The summed E-state index contributed by atoms with van der Waals surface area (Å²) in [7, 11) is -0.897. The van der Waals surface area contributed by atoms with Gasteiger partial charge in [0.05, 0.1) is 34.8 Å². The lowest BCUT2D eigenvalue weighted by molar-refractivity contribution is 0.301. The van der Waals surface area contributed by atoms with Crippen LogP contribution < -0.4 is 10.5 Å². The number of aromatic nitrogens is 2. The number of nitrogens with two attached hydrogens (primary N) is 1. The van der Waals surface area contributed by atoms with Gasteiger partial charge in [0.2, 0.25) is 0 Å². The van der Waals surface area contributed by atoms with Gasteiger partial charge in [-0.3, -0.25) is 0 Å². The van der Waals surface area contributed by atoms with Crippen LogP contribution in [0.4, 0.5) is 5.69 Å². The normalized spacial score (nSPS) is 21.2. The monoisotopic (exact) mass is 349 g/mol. The van der Waals surface area contributed by atoms with Gasteiger partial charge in [-0.1, -0.05) is 0 Å². The quantitative estimate of drug-likeness (QED) is 0.855. The van der Waals surface area contributed by atoms with Crippen molar-refractivity contribution in [3.05, 3.63) is 18.0 Å². The molecule has 0 spiro atoms. The van der Waals surface area contributed by atoms with Crippen molar-refractivity contribution in [3.63, 3.8) is 0 Å². The highest BCUT2D eigenvalue weighted by atomic mass is 32.2. The molecule has 2 fully saturated rings. The first kappa shape index (κ1) is 15.7. The first-order valence-electron chi connectivity index (χ1n) is 8.52. The molecule has 1 saturated carbocycles. The molecule has 130 valence electrons. The number of nitrogen functional groups attached to an aromatic ring is 1. The Hall–Kier alpha value is -1.76. The molecule has 1 aliphatic carbocycles. The summed E-state index contributed by atoms with van der Waals surface area (Å²) >= 11 is 0.